The number of carbonyl (C=O) groups excluding carboxylic acids is 2. The average molecular weight is 480 g/mol. The van der Waals surface area contributed by atoms with Gasteiger partial charge in [0.1, 0.15) is 11.5 Å². The SMILES string of the molecule is COc1ccc(CCC(=O)Nc2ccc3c(c2)N(Cc2c(C)noc2C)C(=O)C(C)O3)cc1OC. The van der Waals surface area contributed by atoms with Gasteiger partial charge in [-0.15, -0.1) is 0 Å². The van der Waals surface area contributed by atoms with Crippen molar-refractivity contribution in [2.75, 3.05) is 24.4 Å². The molecule has 1 aliphatic rings. The molecule has 0 aliphatic carbocycles. The summed E-state index contributed by atoms with van der Waals surface area (Å²) in [5.74, 6) is 2.19. The van der Waals surface area contributed by atoms with E-state index in [9.17, 15) is 9.59 Å². The molecule has 9 nitrogen and oxygen atoms in total. The maximum Gasteiger partial charge on any atom is 0.268 e. The first-order chi connectivity index (χ1) is 16.8. The standard InChI is InChI=1S/C26H29N3O6/c1-15-20(16(2)35-28-15)14-29-21-13-19(8-10-22(21)34-17(3)26(29)31)27-25(30)11-7-18-6-9-23(32-4)24(12-18)33-5/h6,8-10,12-13,17H,7,11,14H2,1-5H3,(H,27,30). The molecule has 0 fully saturated rings. The summed E-state index contributed by atoms with van der Waals surface area (Å²) >= 11 is 0. The Morgan fingerprint density at radius 3 is 2.57 bits per heavy atom. The van der Waals surface area contributed by atoms with E-state index in [1.54, 1.807) is 44.2 Å². The van der Waals surface area contributed by atoms with Crippen LogP contribution in [0, 0.1) is 13.8 Å². The molecule has 184 valence electrons. The highest BCUT2D eigenvalue weighted by Gasteiger charge is 2.33. The van der Waals surface area contributed by atoms with Gasteiger partial charge < -0.3 is 29.0 Å². The number of methoxy groups -OCH3 is 2. The monoisotopic (exact) mass is 479 g/mol. The number of nitrogens with one attached hydrogen (secondary N) is 1. The molecule has 1 aromatic heterocycles. The summed E-state index contributed by atoms with van der Waals surface area (Å²) in [6, 6.07) is 10.9. The third-order valence-electron chi connectivity index (χ3n) is 6.04. The van der Waals surface area contributed by atoms with Crippen LogP contribution >= 0.6 is 0 Å². The normalized spacial score (nSPS) is 14.8. The molecule has 0 radical (unpaired) electrons. The Hall–Kier alpha value is -4.01. The van der Waals surface area contributed by atoms with Gasteiger partial charge in [0.2, 0.25) is 5.91 Å². The predicted molar refractivity (Wildman–Crippen MR) is 130 cm³/mol. The van der Waals surface area contributed by atoms with Crippen LogP contribution in [0.3, 0.4) is 0 Å². The van der Waals surface area contributed by atoms with Gasteiger partial charge in [-0.05, 0) is 63.1 Å². The molecule has 0 saturated carbocycles. The summed E-state index contributed by atoms with van der Waals surface area (Å²) in [6.45, 7) is 5.68. The molecule has 2 aromatic carbocycles. The van der Waals surface area contributed by atoms with Crippen LogP contribution in [0.5, 0.6) is 17.2 Å². The van der Waals surface area contributed by atoms with Gasteiger partial charge in [0.15, 0.2) is 17.6 Å². The summed E-state index contributed by atoms with van der Waals surface area (Å²) in [4.78, 5) is 27.3. The van der Waals surface area contributed by atoms with Gasteiger partial charge in [-0.3, -0.25) is 9.59 Å². The summed E-state index contributed by atoms with van der Waals surface area (Å²) in [6.07, 6.45) is 0.195. The van der Waals surface area contributed by atoms with Crippen molar-refractivity contribution >= 4 is 23.2 Å². The number of ether oxygens (including phenoxy) is 3. The highest BCUT2D eigenvalue weighted by Crippen LogP contribution is 2.38. The van der Waals surface area contributed by atoms with Crippen molar-refractivity contribution in [3.63, 3.8) is 0 Å². The molecule has 1 aliphatic heterocycles. The Morgan fingerprint density at radius 2 is 1.89 bits per heavy atom. The first-order valence-electron chi connectivity index (χ1n) is 11.3. The molecule has 2 heterocycles. The van der Waals surface area contributed by atoms with Crippen molar-refractivity contribution in [3.05, 3.63) is 59.0 Å². The van der Waals surface area contributed by atoms with E-state index in [2.05, 4.69) is 10.5 Å². The first kappa shape index (κ1) is 24.1. The summed E-state index contributed by atoms with van der Waals surface area (Å²) in [5.41, 5.74) is 3.71. The zero-order valence-electron chi connectivity index (χ0n) is 20.5. The highest BCUT2D eigenvalue weighted by molar-refractivity contribution is 6.01. The van der Waals surface area contributed by atoms with Gasteiger partial charge in [0.05, 0.1) is 32.1 Å². The molecule has 1 unspecified atom stereocenters. The number of amides is 2. The van der Waals surface area contributed by atoms with Crippen LogP contribution in [0.1, 0.15) is 35.9 Å². The summed E-state index contributed by atoms with van der Waals surface area (Å²) in [7, 11) is 3.16. The number of aromatic nitrogens is 1. The van der Waals surface area contributed by atoms with Gasteiger partial charge in [-0.2, -0.15) is 0 Å². The lowest BCUT2D eigenvalue weighted by Crippen LogP contribution is -2.44. The van der Waals surface area contributed by atoms with E-state index in [-0.39, 0.29) is 18.2 Å². The largest absolute Gasteiger partial charge is 0.493 e. The fraction of sp³-hybridized carbons (Fsp3) is 0.346. The van der Waals surface area contributed by atoms with Crippen molar-refractivity contribution in [2.24, 2.45) is 0 Å². The molecule has 0 bridgehead atoms. The molecular formula is C26H29N3O6. The molecular weight excluding hydrogens is 450 g/mol. The van der Waals surface area contributed by atoms with E-state index >= 15 is 0 Å². The van der Waals surface area contributed by atoms with Crippen LogP contribution in [0.25, 0.3) is 0 Å². The second kappa shape index (κ2) is 10.1. The number of aryl methyl sites for hydroxylation is 3. The van der Waals surface area contributed by atoms with E-state index in [1.165, 1.54) is 0 Å². The van der Waals surface area contributed by atoms with E-state index < -0.39 is 6.10 Å². The summed E-state index contributed by atoms with van der Waals surface area (Å²) < 4.78 is 21.6. The van der Waals surface area contributed by atoms with Crippen LogP contribution in [0.2, 0.25) is 0 Å². The van der Waals surface area contributed by atoms with Crippen molar-refractivity contribution < 1.29 is 28.3 Å². The molecule has 0 saturated heterocycles. The van der Waals surface area contributed by atoms with E-state index in [1.807, 2.05) is 32.0 Å². The van der Waals surface area contributed by atoms with Crippen LogP contribution in [-0.2, 0) is 22.6 Å². The predicted octanol–water partition coefficient (Wildman–Crippen LogP) is 4.19. The zero-order chi connectivity index (χ0) is 25.1. The van der Waals surface area contributed by atoms with Crippen molar-refractivity contribution in [1.82, 2.24) is 5.16 Å². The molecule has 1 N–H and O–H groups in total. The van der Waals surface area contributed by atoms with Crippen LogP contribution < -0.4 is 24.4 Å². The Kier molecular flexibility index (Phi) is 6.95. The number of nitrogens with zero attached hydrogens (tertiary/aromatic N) is 2. The Morgan fingerprint density at radius 1 is 1.11 bits per heavy atom. The number of hydrogen-bond acceptors (Lipinski definition) is 7. The highest BCUT2D eigenvalue weighted by atomic mass is 16.5. The van der Waals surface area contributed by atoms with Crippen LogP contribution in [0.4, 0.5) is 11.4 Å². The molecule has 2 amide bonds. The van der Waals surface area contributed by atoms with E-state index in [4.69, 9.17) is 18.7 Å². The maximum absolute atomic E-state index is 13.0. The second-order valence-electron chi connectivity index (χ2n) is 8.41. The summed E-state index contributed by atoms with van der Waals surface area (Å²) in [5, 5.41) is 6.91. The lowest BCUT2D eigenvalue weighted by Gasteiger charge is -2.33. The average Bonchev–Trinajstić information content (AvgIpc) is 3.17. The van der Waals surface area contributed by atoms with Gasteiger partial charge in [-0.25, -0.2) is 0 Å². The fourth-order valence-corrected chi connectivity index (χ4v) is 4.05. The second-order valence-corrected chi connectivity index (χ2v) is 8.41. The third kappa shape index (κ3) is 5.08. The molecule has 0 spiro atoms. The minimum absolute atomic E-state index is 0.145. The minimum Gasteiger partial charge on any atom is -0.493 e. The van der Waals surface area contributed by atoms with Gasteiger partial charge in [0.25, 0.3) is 5.91 Å². The number of rotatable bonds is 8. The van der Waals surface area contributed by atoms with Crippen molar-refractivity contribution in [3.8, 4) is 17.2 Å². The Labute approximate surface area is 203 Å². The number of benzene rings is 2. The topological polar surface area (TPSA) is 103 Å². The van der Waals surface area contributed by atoms with Crippen LogP contribution in [0.15, 0.2) is 40.9 Å². The first-order valence-corrected chi connectivity index (χ1v) is 11.3. The smallest absolute Gasteiger partial charge is 0.268 e. The molecule has 4 rings (SSSR count). The quantitative estimate of drug-likeness (QED) is 0.517. The lowest BCUT2D eigenvalue weighted by molar-refractivity contribution is -0.125. The molecule has 3 aromatic rings. The molecule has 1 atom stereocenters. The number of carbonyl (C=O) groups is 2. The number of hydrogen-bond donors (Lipinski definition) is 1. The third-order valence-corrected chi connectivity index (χ3v) is 6.04. The van der Waals surface area contributed by atoms with Crippen molar-refractivity contribution in [2.45, 2.75) is 46.3 Å². The van der Waals surface area contributed by atoms with E-state index in [0.29, 0.717) is 47.3 Å². The maximum atomic E-state index is 13.0. The zero-order valence-corrected chi connectivity index (χ0v) is 20.5. The number of fused-ring (bicyclic) bond motifs is 1. The Balaban J connectivity index is 1.48. The van der Waals surface area contributed by atoms with Gasteiger partial charge in [-0.1, -0.05) is 11.2 Å². The van der Waals surface area contributed by atoms with E-state index in [0.717, 1.165) is 16.8 Å². The van der Waals surface area contributed by atoms with Crippen molar-refractivity contribution in [1.29, 1.82) is 0 Å². The molecule has 9 heteroatoms. The van der Waals surface area contributed by atoms with Gasteiger partial charge in [0, 0.05) is 17.7 Å². The Bertz CT molecular complexity index is 1230. The van der Waals surface area contributed by atoms with Gasteiger partial charge >= 0.3 is 0 Å². The minimum atomic E-state index is -0.620. The van der Waals surface area contributed by atoms with Crippen LogP contribution in [-0.4, -0.2) is 37.3 Å². The fourth-order valence-electron chi connectivity index (χ4n) is 4.05. The molecule has 35 heavy (non-hydrogen) atoms. The number of anilines is 2. The lowest BCUT2D eigenvalue weighted by atomic mass is 10.1.